The Balaban J connectivity index is 1.08. The molecule has 300 valence electrons. The molecule has 0 aliphatic rings. The molecule has 5 nitrogen and oxygen atoms in total. The van der Waals surface area contributed by atoms with Gasteiger partial charge in [0.25, 0.3) is 0 Å². The van der Waals surface area contributed by atoms with Crippen molar-refractivity contribution in [2.24, 2.45) is 0 Å². The maximum Gasteiger partial charge on any atom is 0.162 e. The zero-order valence-electron chi connectivity index (χ0n) is 34.9. The minimum atomic E-state index is 0.608. The number of anilines is 2. The second-order valence-electron chi connectivity index (χ2n) is 15.4. The summed E-state index contributed by atoms with van der Waals surface area (Å²) in [4.78, 5) is 14.9. The Morgan fingerprint density at radius 3 is 1.57 bits per heavy atom. The lowest BCUT2D eigenvalue weighted by Crippen LogP contribution is -2.14. The molecular weight excluding hydrogens is 767 g/mol. The molecule has 2 aromatic heterocycles. The smallest absolute Gasteiger partial charge is 0.162 e. The first-order chi connectivity index (χ1) is 31.1. The van der Waals surface area contributed by atoms with Gasteiger partial charge in [0, 0.05) is 44.7 Å². The fourth-order valence-electron chi connectivity index (χ4n) is 8.47. The first-order valence-electron chi connectivity index (χ1n) is 21.1. The fraction of sp³-hybridized carbons (Fsp3) is 0.0172. The van der Waals surface area contributed by atoms with Gasteiger partial charge in [-0.15, -0.1) is 0 Å². The minimum Gasteiger partial charge on any atom is -0.311 e. The molecule has 0 atom stereocenters. The fourth-order valence-corrected chi connectivity index (χ4v) is 8.47. The third-order valence-electron chi connectivity index (χ3n) is 11.6. The van der Waals surface area contributed by atoms with Crippen LogP contribution in [0.3, 0.4) is 0 Å². The van der Waals surface area contributed by atoms with Crippen LogP contribution in [-0.2, 0) is 0 Å². The lowest BCUT2D eigenvalue weighted by molar-refractivity contribution is 1.02. The molecule has 0 aliphatic carbocycles. The first-order valence-corrected chi connectivity index (χ1v) is 21.1. The Kier molecular flexibility index (Phi) is 10.6. The quantitative estimate of drug-likeness (QED) is 0.122. The first kappa shape index (κ1) is 38.8. The number of benzene rings is 8. The van der Waals surface area contributed by atoms with Gasteiger partial charge in [-0.2, -0.15) is 0 Å². The van der Waals surface area contributed by atoms with Gasteiger partial charge in [-0.25, -0.2) is 15.0 Å². The summed E-state index contributed by atoms with van der Waals surface area (Å²) in [6, 6.07) is 71.6. The Morgan fingerprint density at radius 1 is 0.492 bits per heavy atom. The van der Waals surface area contributed by atoms with E-state index in [1.54, 1.807) is 0 Å². The van der Waals surface area contributed by atoms with E-state index in [2.05, 4.69) is 225 Å². The standard InChI is InChI=1S/C58H43N5/c1-3-42(58-60-39-59-40-61-58)25-24-41(2)62(51-31-26-45(27-32-51)43-16-8-4-9-17-43)52-33-28-46(29-34-52)48-30-35-56-54(36-48)55-38-49(44-18-10-5-11-19-44)37-53(47-20-12-6-13-21-47)57(55)63(56)50-22-14-7-15-23-50/h3-40H,2H2,1H3/b25-24-,42-3+. The van der Waals surface area contributed by atoms with Gasteiger partial charge in [0.05, 0.1) is 11.0 Å². The average Bonchev–Trinajstić information content (AvgIpc) is 3.69. The van der Waals surface area contributed by atoms with Crippen molar-refractivity contribution >= 4 is 38.8 Å². The number of hydrogen-bond acceptors (Lipinski definition) is 4. The second kappa shape index (κ2) is 17.3. The van der Waals surface area contributed by atoms with Gasteiger partial charge in [0.2, 0.25) is 0 Å². The van der Waals surface area contributed by atoms with Gasteiger partial charge in [0.1, 0.15) is 12.7 Å². The highest BCUT2D eigenvalue weighted by atomic mass is 15.1. The number of allylic oxidation sites excluding steroid dienone is 4. The van der Waals surface area contributed by atoms with Crippen LogP contribution < -0.4 is 4.90 Å². The molecule has 0 saturated carbocycles. The third-order valence-corrected chi connectivity index (χ3v) is 11.6. The lowest BCUT2D eigenvalue weighted by atomic mass is 9.95. The molecule has 2 heterocycles. The van der Waals surface area contributed by atoms with E-state index in [1.807, 2.05) is 31.2 Å². The average molecular weight is 810 g/mol. The van der Waals surface area contributed by atoms with Crippen LogP contribution in [0.4, 0.5) is 11.4 Å². The van der Waals surface area contributed by atoms with Crippen LogP contribution in [0.1, 0.15) is 12.7 Å². The van der Waals surface area contributed by atoms with Crippen LogP contribution in [0.5, 0.6) is 0 Å². The van der Waals surface area contributed by atoms with Crippen LogP contribution in [-0.4, -0.2) is 19.5 Å². The van der Waals surface area contributed by atoms with Crippen molar-refractivity contribution < 1.29 is 0 Å². The van der Waals surface area contributed by atoms with Crippen molar-refractivity contribution in [1.82, 2.24) is 19.5 Å². The number of hydrogen-bond donors (Lipinski definition) is 0. The molecule has 10 aromatic rings. The van der Waals surface area contributed by atoms with Crippen molar-refractivity contribution in [3.8, 4) is 50.2 Å². The molecule has 0 fully saturated rings. The van der Waals surface area contributed by atoms with E-state index < -0.39 is 0 Å². The molecule has 0 saturated heterocycles. The minimum absolute atomic E-state index is 0.608. The van der Waals surface area contributed by atoms with Crippen LogP contribution in [0, 0.1) is 0 Å². The molecule has 0 unspecified atom stereocenters. The van der Waals surface area contributed by atoms with Crippen LogP contribution in [0.2, 0.25) is 0 Å². The van der Waals surface area contributed by atoms with E-state index in [9.17, 15) is 0 Å². The highest BCUT2D eigenvalue weighted by Crippen LogP contribution is 2.43. The zero-order chi connectivity index (χ0) is 42.5. The topological polar surface area (TPSA) is 46.8 Å². The van der Waals surface area contributed by atoms with E-state index in [-0.39, 0.29) is 0 Å². The second-order valence-corrected chi connectivity index (χ2v) is 15.4. The molecule has 8 aromatic carbocycles. The molecule has 0 spiro atoms. The lowest BCUT2D eigenvalue weighted by Gasteiger charge is -2.26. The molecular formula is C58H43N5. The summed E-state index contributed by atoms with van der Waals surface area (Å²) in [6.07, 6.45) is 9.04. The van der Waals surface area contributed by atoms with Crippen molar-refractivity contribution in [2.75, 3.05) is 4.90 Å². The van der Waals surface area contributed by atoms with E-state index in [4.69, 9.17) is 0 Å². The van der Waals surface area contributed by atoms with Gasteiger partial charge in [-0.3, -0.25) is 0 Å². The molecule has 5 heteroatoms. The van der Waals surface area contributed by atoms with Gasteiger partial charge >= 0.3 is 0 Å². The molecule has 0 amide bonds. The maximum absolute atomic E-state index is 4.57. The highest BCUT2D eigenvalue weighted by Gasteiger charge is 2.20. The van der Waals surface area contributed by atoms with Crippen LogP contribution in [0.15, 0.2) is 243 Å². The summed E-state index contributed by atoms with van der Waals surface area (Å²) in [7, 11) is 0. The molecule has 0 aliphatic heterocycles. The largest absolute Gasteiger partial charge is 0.311 e. The Bertz CT molecular complexity index is 3250. The van der Waals surface area contributed by atoms with Gasteiger partial charge < -0.3 is 9.47 Å². The van der Waals surface area contributed by atoms with Gasteiger partial charge in [-0.05, 0) is 119 Å². The van der Waals surface area contributed by atoms with Gasteiger partial charge in [-0.1, -0.05) is 152 Å². The number of para-hydroxylation sites is 1. The van der Waals surface area contributed by atoms with E-state index in [0.29, 0.717) is 5.82 Å². The van der Waals surface area contributed by atoms with Crippen molar-refractivity contribution in [3.63, 3.8) is 0 Å². The van der Waals surface area contributed by atoms with Crippen molar-refractivity contribution in [3.05, 3.63) is 249 Å². The van der Waals surface area contributed by atoms with E-state index >= 15 is 0 Å². The van der Waals surface area contributed by atoms with Crippen molar-refractivity contribution in [1.29, 1.82) is 0 Å². The summed E-state index contributed by atoms with van der Waals surface area (Å²) in [5, 5.41) is 2.40. The Morgan fingerprint density at radius 2 is 0.984 bits per heavy atom. The number of aromatic nitrogens is 4. The maximum atomic E-state index is 4.57. The van der Waals surface area contributed by atoms with Gasteiger partial charge in [0.15, 0.2) is 5.82 Å². The number of fused-ring (bicyclic) bond motifs is 3. The van der Waals surface area contributed by atoms with E-state index in [1.165, 1.54) is 56.8 Å². The summed E-state index contributed by atoms with van der Waals surface area (Å²) < 4.78 is 2.43. The monoisotopic (exact) mass is 809 g/mol. The normalized spacial score (nSPS) is 11.7. The van der Waals surface area contributed by atoms with Crippen molar-refractivity contribution in [2.45, 2.75) is 6.92 Å². The molecule has 0 radical (unpaired) electrons. The molecule has 0 N–H and O–H groups in total. The predicted molar refractivity (Wildman–Crippen MR) is 263 cm³/mol. The number of rotatable bonds is 11. The van der Waals surface area contributed by atoms with Crippen LogP contribution in [0.25, 0.3) is 77.6 Å². The summed E-state index contributed by atoms with van der Waals surface area (Å²) in [6.45, 7) is 6.55. The Labute approximate surface area is 368 Å². The molecule has 63 heavy (non-hydrogen) atoms. The molecule has 0 bridgehead atoms. The zero-order valence-corrected chi connectivity index (χ0v) is 34.9. The van der Waals surface area contributed by atoms with E-state index in [0.717, 1.165) is 50.5 Å². The summed E-state index contributed by atoms with van der Waals surface area (Å²) in [5.41, 5.74) is 16.5. The predicted octanol–water partition coefficient (Wildman–Crippen LogP) is 14.9. The summed E-state index contributed by atoms with van der Waals surface area (Å²) >= 11 is 0. The summed E-state index contributed by atoms with van der Waals surface area (Å²) in [5.74, 6) is 0.608. The third kappa shape index (κ3) is 7.76. The SMILES string of the molecule is C=C(/C=C\C(=C/C)c1ncncn1)N(c1ccc(-c2ccccc2)cc1)c1ccc(-c2ccc3c(c2)c2cc(-c4ccccc4)cc(-c4ccccc4)c2n3-c2ccccc2)cc1. The molecule has 10 rings (SSSR count). The van der Waals surface area contributed by atoms with Crippen LogP contribution >= 0.6 is 0 Å². The number of nitrogens with zero attached hydrogens (tertiary/aromatic N) is 5. The highest BCUT2D eigenvalue weighted by molar-refractivity contribution is 6.16. The Hall–Kier alpha value is -8.41.